The van der Waals surface area contributed by atoms with E-state index in [1.807, 2.05) is 11.3 Å². The molecule has 0 radical (unpaired) electrons. The summed E-state index contributed by atoms with van der Waals surface area (Å²) < 4.78 is 2.64. The summed E-state index contributed by atoms with van der Waals surface area (Å²) in [5, 5.41) is 5.15. The Hall–Kier alpha value is -7.52. The van der Waals surface area contributed by atoms with E-state index in [1.165, 1.54) is 92.1 Å². The maximum atomic E-state index is 2.43. The van der Waals surface area contributed by atoms with Crippen molar-refractivity contribution in [2.45, 2.75) is 12.3 Å². The lowest BCUT2D eigenvalue weighted by Crippen LogP contribution is -2.22. The van der Waals surface area contributed by atoms with Crippen LogP contribution in [0.15, 0.2) is 231 Å². The molecule has 0 N–H and O–H groups in total. The summed E-state index contributed by atoms with van der Waals surface area (Å²) in [7, 11) is 0. The first kappa shape index (κ1) is 36.3. The van der Waals surface area contributed by atoms with Crippen molar-refractivity contribution < 1.29 is 0 Å². The van der Waals surface area contributed by atoms with Crippen molar-refractivity contribution in [2.24, 2.45) is 0 Å². The van der Waals surface area contributed by atoms with Gasteiger partial charge in [-0.15, -0.1) is 11.3 Å². The molecule has 1 aromatic heterocycles. The van der Waals surface area contributed by atoms with E-state index in [9.17, 15) is 0 Å². The summed E-state index contributed by atoms with van der Waals surface area (Å²) in [6.07, 6.45) is 0. The van der Waals surface area contributed by atoms with Crippen LogP contribution in [0.25, 0.3) is 75.5 Å². The molecule has 10 aromatic carbocycles. The van der Waals surface area contributed by atoms with Crippen molar-refractivity contribution in [3.63, 3.8) is 0 Å². The second kappa shape index (κ2) is 14.6. The smallest absolute Gasteiger partial charge is 0.0462 e. The summed E-state index contributed by atoms with van der Waals surface area (Å²) >= 11 is 1.87. The van der Waals surface area contributed by atoms with E-state index < -0.39 is 0 Å². The number of nitrogens with zero attached hydrogens (tertiary/aromatic N) is 1. The lowest BCUT2D eigenvalue weighted by atomic mass is 9.74. The van der Waals surface area contributed by atoms with E-state index in [4.69, 9.17) is 0 Å². The van der Waals surface area contributed by atoms with Gasteiger partial charge in [0.2, 0.25) is 0 Å². The fraction of sp³-hybridized carbons (Fsp3) is 0.0333. The zero-order valence-corrected chi connectivity index (χ0v) is 35.1. The van der Waals surface area contributed by atoms with Gasteiger partial charge in [-0.25, -0.2) is 0 Å². The summed E-state index contributed by atoms with van der Waals surface area (Å²) in [5.74, 6) is 0. The van der Waals surface area contributed by atoms with Gasteiger partial charge in [-0.05, 0) is 140 Å². The van der Waals surface area contributed by atoms with Gasteiger partial charge in [-0.1, -0.05) is 170 Å². The van der Waals surface area contributed by atoms with Crippen LogP contribution in [0.4, 0.5) is 17.1 Å². The summed E-state index contributed by atoms with van der Waals surface area (Å²) in [6, 6.07) is 84.9. The molecule has 62 heavy (non-hydrogen) atoms. The van der Waals surface area contributed by atoms with Crippen LogP contribution in [-0.4, -0.2) is 0 Å². The predicted octanol–water partition coefficient (Wildman–Crippen LogP) is 17.0. The molecule has 1 unspecified atom stereocenters. The standard InChI is InChI=1S/C60H41NS/c1-60(47-14-3-2-4-15-47)55-19-9-7-16-52(55)53-37-30-46(39-56(53)60)42-26-33-49(34-27-42)61(48-31-24-41(25-32-48)45-23-22-40-12-5-6-13-44(40)38-45)50-35-28-43(29-36-50)51-18-11-21-58-59(51)54-17-8-10-20-57(54)62-58/h2-39H,1H3. The summed E-state index contributed by atoms with van der Waals surface area (Å²) in [5.41, 5.74) is 17.1. The second-order valence-corrected chi connectivity index (χ2v) is 17.7. The number of hydrogen-bond acceptors (Lipinski definition) is 2. The monoisotopic (exact) mass is 807 g/mol. The van der Waals surface area contributed by atoms with E-state index in [0.717, 1.165) is 17.1 Å². The molecule has 0 aliphatic heterocycles. The Morgan fingerprint density at radius 3 is 1.63 bits per heavy atom. The Balaban J connectivity index is 0.934. The number of benzene rings is 10. The first-order valence-electron chi connectivity index (χ1n) is 21.4. The third kappa shape index (κ3) is 5.90. The van der Waals surface area contributed by atoms with Gasteiger partial charge >= 0.3 is 0 Å². The normalized spacial score (nSPS) is 14.3. The Kier molecular flexibility index (Phi) is 8.55. The molecule has 0 fully saturated rings. The van der Waals surface area contributed by atoms with Gasteiger partial charge in [0.1, 0.15) is 0 Å². The number of fused-ring (bicyclic) bond motifs is 7. The molecule has 1 nitrogen and oxygen atoms in total. The first-order chi connectivity index (χ1) is 30.6. The molecule has 292 valence electrons. The highest BCUT2D eigenvalue weighted by Gasteiger charge is 2.40. The van der Waals surface area contributed by atoms with E-state index in [2.05, 4.69) is 242 Å². The fourth-order valence-electron chi connectivity index (χ4n) is 9.98. The summed E-state index contributed by atoms with van der Waals surface area (Å²) in [4.78, 5) is 2.38. The van der Waals surface area contributed by atoms with Crippen LogP contribution in [-0.2, 0) is 5.41 Å². The molecule has 0 bridgehead atoms. The molecule has 0 spiro atoms. The van der Waals surface area contributed by atoms with Crippen LogP contribution >= 0.6 is 11.3 Å². The predicted molar refractivity (Wildman–Crippen MR) is 265 cm³/mol. The quantitative estimate of drug-likeness (QED) is 0.155. The maximum absolute atomic E-state index is 2.43. The van der Waals surface area contributed by atoms with E-state index >= 15 is 0 Å². The zero-order valence-electron chi connectivity index (χ0n) is 34.3. The van der Waals surface area contributed by atoms with Gasteiger partial charge in [0.05, 0.1) is 0 Å². The highest BCUT2D eigenvalue weighted by atomic mass is 32.1. The molecule has 1 atom stereocenters. The lowest BCUT2D eigenvalue weighted by molar-refractivity contribution is 0.714. The van der Waals surface area contributed by atoms with Crippen molar-refractivity contribution >= 4 is 59.3 Å². The molecular formula is C60H41NS. The van der Waals surface area contributed by atoms with Crippen molar-refractivity contribution in [1.82, 2.24) is 0 Å². The third-order valence-corrected chi connectivity index (χ3v) is 14.3. The van der Waals surface area contributed by atoms with E-state index in [0.29, 0.717) is 0 Å². The van der Waals surface area contributed by atoms with E-state index in [1.54, 1.807) is 0 Å². The Morgan fingerprint density at radius 1 is 0.355 bits per heavy atom. The largest absolute Gasteiger partial charge is 0.311 e. The van der Waals surface area contributed by atoms with Crippen LogP contribution in [0.1, 0.15) is 23.6 Å². The minimum Gasteiger partial charge on any atom is -0.311 e. The van der Waals surface area contributed by atoms with Crippen molar-refractivity contribution in [3.05, 3.63) is 247 Å². The van der Waals surface area contributed by atoms with Gasteiger partial charge in [0, 0.05) is 42.6 Å². The Labute approximate surface area is 366 Å². The third-order valence-electron chi connectivity index (χ3n) is 13.2. The fourth-order valence-corrected chi connectivity index (χ4v) is 11.1. The molecule has 1 aliphatic carbocycles. The van der Waals surface area contributed by atoms with Crippen molar-refractivity contribution in [1.29, 1.82) is 0 Å². The second-order valence-electron chi connectivity index (χ2n) is 16.6. The van der Waals surface area contributed by atoms with Gasteiger partial charge in [0.25, 0.3) is 0 Å². The number of hydrogen-bond donors (Lipinski definition) is 0. The molecule has 0 saturated carbocycles. The molecule has 0 amide bonds. The van der Waals surface area contributed by atoms with Gasteiger partial charge in [-0.3, -0.25) is 0 Å². The number of rotatable bonds is 7. The highest BCUT2D eigenvalue weighted by Crippen LogP contribution is 2.53. The summed E-state index contributed by atoms with van der Waals surface area (Å²) in [6.45, 7) is 2.39. The minimum atomic E-state index is -0.243. The average molecular weight is 808 g/mol. The highest BCUT2D eigenvalue weighted by molar-refractivity contribution is 7.25. The number of anilines is 3. The average Bonchev–Trinajstić information content (AvgIpc) is 3.85. The maximum Gasteiger partial charge on any atom is 0.0462 e. The van der Waals surface area contributed by atoms with E-state index in [-0.39, 0.29) is 5.41 Å². The van der Waals surface area contributed by atoms with Crippen molar-refractivity contribution in [3.8, 4) is 44.5 Å². The molecule has 1 heterocycles. The van der Waals surface area contributed by atoms with Gasteiger partial charge in [-0.2, -0.15) is 0 Å². The SMILES string of the molecule is CC1(c2ccccc2)c2ccccc2-c2ccc(-c3ccc(N(c4ccc(-c5ccc6ccccc6c5)cc4)c4ccc(-c5cccc6sc7ccccc7c56)cc4)cc3)cc21. The topological polar surface area (TPSA) is 3.24 Å². The van der Waals surface area contributed by atoms with Crippen LogP contribution in [0.3, 0.4) is 0 Å². The van der Waals surface area contributed by atoms with Crippen molar-refractivity contribution in [2.75, 3.05) is 4.90 Å². The zero-order chi connectivity index (χ0) is 41.2. The Bertz CT molecular complexity index is 3450. The minimum absolute atomic E-state index is 0.243. The number of thiophene rings is 1. The molecule has 1 aliphatic rings. The molecule has 11 aromatic rings. The van der Waals surface area contributed by atoms with Gasteiger partial charge in [0.15, 0.2) is 0 Å². The lowest BCUT2D eigenvalue weighted by Gasteiger charge is -2.28. The molecule has 12 rings (SSSR count). The van der Waals surface area contributed by atoms with Gasteiger partial charge < -0.3 is 4.90 Å². The molecule has 0 saturated heterocycles. The van der Waals surface area contributed by atoms with Crippen LogP contribution < -0.4 is 4.90 Å². The molecule has 2 heteroatoms. The Morgan fingerprint density at radius 2 is 0.887 bits per heavy atom. The first-order valence-corrected chi connectivity index (χ1v) is 22.2. The van der Waals surface area contributed by atoms with Crippen LogP contribution in [0, 0.1) is 0 Å². The van der Waals surface area contributed by atoms with Crippen LogP contribution in [0.2, 0.25) is 0 Å². The van der Waals surface area contributed by atoms with Crippen LogP contribution in [0.5, 0.6) is 0 Å². The molecular weight excluding hydrogens is 767 g/mol.